The molecule has 3 aromatic rings. The second-order valence-corrected chi connectivity index (χ2v) is 6.96. The molecule has 1 heterocycles. The number of amides is 1. The summed E-state index contributed by atoms with van der Waals surface area (Å²) in [6, 6.07) is 11.4. The summed E-state index contributed by atoms with van der Waals surface area (Å²) >= 11 is 0. The molecule has 0 fully saturated rings. The quantitative estimate of drug-likeness (QED) is 0.482. The van der Waals surface area contributed by atoms with Gasteiger partial charge in [0.2, 0.25) is 0 Å². The van der Waals surface area contributed by atoms with Crippen molar-refractivity contribution in [2.24, 2.45) is 0 Å². The predicted octanol–water partition coefficient (Wildman–Crippen LogP) is 3.45. The molecule has 3 rings (SSSR count). The highest BCUT2D eigenvalue weighted by atomic mass is 16.5. The molecule has 3 N–H and O–H groups in total. The maximum Gasteiger partial charge on any atom is 0.265 e. The van der Waals surface area contributed by atoms with Crippen molar-refractivity contribution in [2.75, 3.05) is 20.8 Å². The van der Waals surface area contributed by atoms with Crippen LogP contribution in [0.15, 0.2) is 36.4 Å². The van der Waals surface area contributed by atoms with E-state index in [-0.39, 0.29) is 12.0 Å². The second-order valence-electron chi connectivity index (χ2n) is 6.96. The first-order chi connectivity index (χ1) is 14.0. The number of imidazole rings is 1. The van der Waals surface area contributed by atoms with Gasteiger partial charge in [-0.15, -0.1) is 0 Å². The van der Waals surface area contributed by atoms with E-state index >= 15 is 0 Å². The Kier molecular flexibility index (Phi) is 6.85. The highest BCUT2D eigenvalue weighted by Gasteiger charge is 2.14. The Balaban J connectivity index is 1.65. The minimum Gasteiger partial charge on any atom is -0.497 e. The Morgan fingerprint density at radius 1 is 1.24 bits per heavy atom. The van der Waals surface area contributed by atoms with E-state index in [1.165, 1.54) is 0 Å². The summed E-state index contributed by atoms with van der Waals surface area (Å²) in [5.74, 6) is 1.50. The number of carbonyl (C=O) groups excluding carboxylic acids is 1. The number of nitrogens with zero attached hydrogens (tertiary/aromatic N) is 1. The summed E-state index contributed by atoms with van der Waals surface area (Å²) in [6.45, 7) is 4.50. The molecule has 0 bridgehead atoms. The molecule has 0 saturated carbocycles. The molecule has 0 saturated heterocycles. The number of methoxy groups -OCH3 is 2. The number of hydrogen-bond acceptors (Lipinski definition) is 5. The number of aromatic nitrogens is 2. The molecular weight excluding hydrogens is 368 g/mol. The third-order valence-corrected chi connectivity index (χ3v) is 4.81. The van der Waals surface area contributed by atoms with Crippen LogP contribution in [0.25, 0.3) is 11.0 Å². The lowest BCUT2D eigenvalue weighted by atomic mass is 10.1. The Bertz CT molecular complexity index is 983. The highest BCUT2D eigenvalue weighted by Crippen LogP contribution is 2.21. The van der Waals surface area contributed by atoms with E-state index in [0.717, 1.165) is 46.6 Å². The van der Waals surface area contributed by atoms with E-state index in [2.05, 4.69) is 27.7 Å². The molecule has 0 radical (unpaired) electrons. The number of benzene rings is 2. The van der Waals surface area contributed by atoms with Crippen molar-refractivity contribution in [2.45, 2.75) is 32.8 Å². The lowest BCUT2D eigenvalue weighted by Crippen LogP contribution is -2.40. The van der Waals surface area contributed by atoms with E-state index in [9.17, 15) is 4.79 Å². The monoisotopic (exact) mass is 396 g/mol. The average molecular weight is 396 g/mol. The average Bonchev–Trinajstić information content (AvgIpc) is 3.14. The molecule has 2 aromatic carbocycles. The van der Waals surface area contributed by atoms with Crippen molar-refractivity contribution in [1.82, 2.24) is 20.8 Å². The van der Waals surface area contributed by atoms with Crippen LogP contribution in [0.3, 0.4) is 0 Å². The zero-order valence-electron chi connectivity index (χ0n) is 17.3. The van der Waals surface area contributed by atoms with Gasteiger partial charge in [-0.3, -0.25) is 10.2 Å². The van der Waals surface area contributed by atoms with E-state index < -0.39 is 0 Å². The van der Waals surface area contributed by atoms with Gasteiger partial charge in [0.05, 0.1) is 24.2 Å². The van der Waals surface area contributed by atoms with E-state index in [4.69, 9.17) is 9.47 Å². The molecule has 1 amide bonds. The number of ether oxygens (including phenoxy) is 2. The Labute approximate surface area is 170 Å². The third-order valence-electron chi connectivity index (χ3n) is 4.81. The minimum absolute atomic E-state index is 0.206. The molecule has 1 unspecified atom stereocenters. The maximum absolute atomic E-state index is 12.6. The van der Waals surface area contributed by atoms with Gasteiger partial charge < -0.3 is 14.5 Å². The van der Waals surface area contributed by atoms with E-state index in [1.54, 1.807) is 14.2 Å². The van der Waals surface area contributed by atoms with Crippen LogP contribution in [0.5, 0.6) is 5.75 Å². The zero-order chi connectivity index (χ0) is 20.8. The Morgan fingerprint density at radius 3 is 2.79 bits per heavy atom. The fourth-order valence-corrected chi connectivity index (χ4v) is 3.30. The lowest BCUT2D eigenvalue weighted by Gasteiger charge is -2.17. The molecule has 29 heavy (non-hydrogen) atoms. The molecule has 1 aromatic heterocycles. The van der Waals surface area contributed by atoms with E-state index in [0.29, 0.717) is 12.1 Å². The largest absolute Gasteiger partial charge is 0.497 e. The Morgan fingerprint density at radius 2 is 2.07 bits per heavy atom. The maximum atomic E-state index is 12.6. The van der Waals surface area contributed by atoms with Crippen molar-refractivity contribution in [3.8, 4) is 5.75 Å². The number of rotatable bonds is 9. The zero-order valence-corrected chi connectivity index (χ0v) is 17.3. The molecule has 0 aliphatic carbocycles. The first kappa shape index (κ1) is 20.8. The summed E-state index contributed by atoms with van der Waals surface area (Å²) in [4.78, 5) is 20.5. The van der Waals surface area contributed by atoms with Gasteiger partial charge in [-0.2, -0.15) is 0 Å². The van der Waals surface area contributed by atoms with Crippen LogP contribution in [0.4, 0.5) is 0 Å². The summed E-state index contributed by atoms with van der Waals surface area (Å²) in [5, 5.41) is 0. The summed E-state index contributed by atoms with van der Waals surface area (Å²) in [5.41, 5.74) is 10.0. The second kappa shape index (κ2) is 9.54. The topological polar surface area (TPSA) is 88.3 Å². The molecule has 7 nitrogen and oxygen atoms in total. The number of H-pyrrole nitrogens is 1. The van der Waals surface area contributed by atoms with Gasteiger partial charge in [0, 0.05) is 25.6 Å². The standard InChI is InChI=1S/C22H28N4O3/c1-5-7-20-24-18-12-16(10-14(2)21(18)25-20)22(27)26-23-13-19(29-4)15-8-6-9-17(11-15)28-3/h6,8-12,19,23H,5,7,13H2,1-4H3,(H,24,25)(H,26,27). The van der Waals surface area contributed by atoms with Crippen molar-refractivity contribution in [3.63, 3.8) is 0 Å². The molecule has 154 valence electrons. The van der Waals surface area contributed by atoms with E-state index in [1.807, 2.05) is 43.3 Å². The molecule has 0 aliphatic rings. The van der Waals surface area contributed by atoms with Crippen LogP contribution in [0.1, 0.15) is 46.8 Å². The highest BCUT2D eigenvalue weighted by molar-refractivity contribution is 5.98. The van der Waals surface area contributed by atoms with Crippen LogP contribution in [-0.4, -0.2) is 36.6 Å². The number of nitrogens with one attached hydrogen (secondary N) is 3. The first-order valence-corrected chi connectivity index (χ1v) is 9.74. The number of hydrazine groups is 1. The van der Waals surface area contributed by atoms with Crippen LogP contribution in [0.2, 0.25) is 0 Å². The van der Waals surface area contributed by atoms with Gasteiger partial charge in [-0.1, -0.05) is 19.1 Å². The van der Waals surface area contributed by atoms with Crippen molar-refractivity contribution in [1.29, 1.82) is 0 Å². The number of hydrogen-bond donors (Lipinski definition) is 3. The van der Waals surface area contributed by atoms with Crippen molar-refractivity contribution in [3.05, 3.63) is 58.9 Å². The number of aromatic amines is 1. The SMILES string of the molecule is CCCc1nc2c(C)cc(C(=O)NNCC(OC)c3cccc(OC)c3)cc2[nH]1. The van der Waals surface area contributed by atoms with Gasteiger partial charge in [0.15, 0.2) is 0 Å². The van der Waals surface area contributed by atoms with Gasteiger partial charge in [0.1, 0.15) is 11.6 Å². The third kappa shape index (κ3) is 4.93. The van der Waals surface area contributed by atoms with Gasteiger partial charge in [0.25, 0.3) is 5.91 Å². The summed E-state index contributed by atoms with van der Waals surface area (Å²) in [6.07, 6.45) is 1.68. The number of fused-ring (bicyclic) bond motifs is 1. The lowest BCUT2D eigenvalue weighted by molar-refractivity contribution is 0.0850. The predicted molar refractivity (Wildman–Crippen MR) is 113 cm³/mol. The van der Waals surface area contributed by atoms with Gasteiger partial charge in [-0.05, 0) is 48.7 Å². The van der Waals surface area contributed by atoms with Crippen molar-refractivity contribution < 1.29 is 14.3 Å². The molecular formula is C22H28N4O3. The van der Waals surface area contributed by atoms with Gasteiger partial charge >= 0.3 is 0 Å². The Hall–Kier alpha value is -2.90. The fraction of sp³-hybridized carbons (Fsp3) is 0.364. The minimum atomic E-state index is -0.223. The summed E-state index contributed by atoms with van der Waals surface area (Å²) in [7, 11) is 3.26. The number of carbonyl (C=O) groups is 1. The van der Waals surface area contributed by atoms with Crippen LogP contribution >= 0.6 is 0 Å². The molecule has 0 spiro atoms. The van der Waals surface area contributed by atoms with Crippen LogP contribution in [-0.2, 0) is 11.2 Å². The first-order valence-electron chi connectivity index (χ1n) is 9.74. The number of aryl methyl sites for hydroxylation is 2. The fourth-order valence-electron chi connectivity index (χ4n) is 3.30. The molecule has 1 atom stereocenters. The normalized spacial score (nSPS) is 12.1. The van der Waals surface area contributed by atoms with Crippen LogP contribution < -0.4 is 15.6 Å². The van der Waals surface area contributed by atoms with Gasteiger partial charge in [-0.25, -0.2) is 10.4 Å². The van der Waals surface area contributed by atoms with Crippen molar-refractivity contribution >= 4 is 16.9 Å². The molecule has 0 aliphatic heterocycles. The molecule has 7 heteroatoms. The summed E-state index contributed by atoms with van der Waals surface area (Å²) < 4.78 is 10.8. The smallest absolute Gasteiger partial charge is 0.265 e. The van der Waals surface area contributed by atoms with Crippen LogP contribution in [0, 0.1) is 6.92 Å².